The highest BCUT2D eigenvalue weighted by molar-refractivity contribution is 6.04. The van der Waals surface area contributed by atoms with Gasteiger partial charge in [0.05, 0.1) is 5.56 Å². The summed E-state index contributed by atoms with van der Waals surface area (Å²) in [5.41, 5.74) is 3.56. The second-order valence-corrected chi connectivity index (χ2v) is 3.64. The molecule has 19 heavy (non-hydrogen) atoms. The van der Waals surface area contributed by atoms with Crippen LogP contribution in [0.15, 0.2) is 35.1 Å². The normalized spacial score (nSPS) is 11.3. The highest BCUT2D eigenvalue weighted by Crippen LogP contribution is 2.34. The maximum absolute atomic E-state index is 12.6. The van der Waals surface area contributed by atoms with E-state index in [9.17, 15) is 18.0 Å². The van der Waals surface area contributed by atoms with Crippen molar-refractivity contribution in [2.75, 3.05) is 11.1 Å². The number of nitrogens with zero attached hydrogens (tertiary/aromatic N) is 1. The minimum Gasteiger partial charge on any atom is -0.398 e. The maximum Gasteiger partial charge on any atom is 0.418 e. The zero-order valence-electron chi connectivity index (χ0n) is 9.36. The molecule has 5 nitrogen and oxygen atoms in total. The second kappa shape index (κ2) is 4.63. The van der Waals surface area contributed by atoms with Crippen molar-refractivity contribution in [3.05, 3.63) is 41.7 Å². The molecule has 0 aliphatic carbocycles. The number of halogens is 3. The lowest BCUT2D eigenvalue weighted by molar-refractivity contribution is -0.136. The summed E-state index contributed by atoms with van der Waals surface area (Å²) in [6, 6.07) is 4.27. The van der Waals surface area contributed by atoms with Crippen LogP contribution in [0.5, 0.6) is 0 Å². The molecule has 0 bridgehead atoms. The van der Waals surface area contributed by atoms with E-state index in [0.717, 1.165) is 6.07 Å². The zero-order valence-corrected chi connectivity index (χ0v) is 9.36. The van der Waals surface area contributed by atoms with Gasteiger partial charge < -0.3 is 15.6 Å². The van der Waals surface area contributed by atoms with Crippen LogP contribution in [-0.4, -0.2) is 11.1 Å². The lowest BCUT2D eigenvalue weighted by Gasteiger charge is -2.11. The molecule has 1 aromatic carbocycles. The maximum atomic E-state index is 12.6. The van der Waals surface area contributed by atoms with Gasteiger partial charge in [-0.2, -0.15) is 13.2 Å². The Hall–Kier alpha value is -2.51. The van der Waals surface area contributed by atoms with E-state index in [1.807, 2.05) is 0 Å². The van der Waals surface area contributed by atoms with Crippen LogP contribution < -0.4 is 11.1 Å². The van der Waals surface area contributed by atoms with Crippen molar-refractivity contribution in [1.82, 2.24) is 5.16 Å². The van der Waals surface area contributed by atoms with Crippen LogP contribution in [0, 0.1) is 0 Å². The molecule has 1 amide bonds. The Balaban J connectivity index is 2.28. The van der Waals surface area contributed by atoms with E-state index >= 15 is 0 Å². The second-order valence-electron chi connectivity index (χ2n) is 3.64. The highest BCUT2D eigenvalue weighted by Gasteiger charge is 2.33. The highest BCUT2D eigenvalue weighted by atomic mass is 19.4. The molecule has 2 rings (SSSR count). The van der Waals surface area contributed by atoms with Crippen LogP contribution in [0.3, 0.4) is 0 Å². The average Bonchev–Trinajstić information content (AvgIpc) is 2.80. The largest absolute Gasteiger partial charge is 0.418 e. The summed E-state index contributed by atoms with van der Waals surface area (Å²) in [6.07, 6.45) is -3.39. The fraction of sp³-hybridized carbons (Fsp3) is 0.0909. The number of nitrogens with two attached hydrogens (primary N) is 1. The number of carbonyl (C=O) groups is 1. The number of hydrogen-bond donors (Lipinski definition) is 2. The lowest BCUT2D eigenvalue weighted by atomic mass is 10.1. The minimum absolute atomic E-state index is 0.107. The van der Waals surface area contributed by atoms with E-state index in [1.54, 1.807) is 0 Å². The minimum atomic E-state index is -4.62. The third-order valence-electron chi connectivity index (χ3n) is 2.30. The van der Waals surface area contributed by atoms with Crippen LogP contribution in [0.2, 0.25) is 0 Å². The third kappa shape index (κ3) is 2.84. The molecule has 8 heteroatoms. The SMILES string of the molecule is Nc1ccc(C(=O)Nc2ccon2)cc1C(F)(F)F. The van der Waals surface area contributed by atoms with Crippen molar-refractivity contribution < 1.29 is 22.5 Å². The van der Waals surface area contributed by atoms with Gasteiger partial charge in [0.15, 0.2) is 5.82 Å². The zero-order chi connectivity index (χ0) is 14.0. The topological polar surface area (TPSA) is 81.2 Å². The van der Waals surface area contributed by atoms with Gasteiger partial charge in [0.1, 0.15) is 6.26 Å². The first-order valence-corrected chi connectivity index (χ1v) is 5.06. The fourth-order valence-corrected chi connectivity index (χ4v) is 1.41. The molecule has 2 aromatic rings. The van der Waals surface area contributed by atoms with Crippen molar-refractivity contribution in [2.45, 2.75) is 6.18 Å². The Morgan fingerprint density at radius 3 is 2.63 bits per heavy atom. The quantitative estimate of drug-likeness (QED) is 0.822. The first-order chi connectivity index (χ1) is 8.88. The van der Waals surface area contributed by atoms with Gasteiger partial charge >= 0.3 is 6.18 Å². The summed E-state index contributed by atoms with van der Waals surface area (Å²) in [5.74, 6) is -0.630. The number of amides is 1. The summed E-state index contributed by atoms with van der Waals surface area (Å²) < 4.78 is 42.4. The van der Waals surface area contributed by atoms with Gasteiger partial charge in [-0.1, -0.05) is 5.16 Å². The van der Waals surface area contributed by atoms with E-state index in [-0.39, 0.29) is 11.4 Å². The molecule has 1 aromatic heterocycles. The molecule has 0 radical (unpaired) electrons. The predicted molar refractivity (Wildman–Crippen MR) is 60.3 cm³/mol. The molecule has 0 saturated carbocycles. The van der Waals surface area contributed by atoms with E-state index in [2.05, 4.69) is 15.0 Å². The van der Waals surface area contributed by atoms with Gasteiger partial charge in [0.2, 0.25) is 0 Å². The van der Waals surface area contributed by atoms with Gasteiger partial charge in [-0.05, 0) is 18.2 Å². The van der Waals surface area contributed by atoms with E-state index < -0.39 is 23.3 Å². The van der Waals surface area contributed by atoms with Crippen LogP contribution in [-0.2, 0) is 6.18 Å². The smallest absolute Gasteiger partial charge is 0.398 e. The summed E-state index contributed by atoms with van der Waals surface area (Å²) in [4.78, 5) is 11.7. The first-order valence-electron chi connectivity index (χ1n) is 5.06. The van der Waals surface area contributed by atoms with Crippen molar-refractivity contribution in [2.24, 2.45) is 0 Å². The molecule has 0 spiro atoms. The molecule has 0 aliphatic heterocycles. The molecule has 100 valence electrons. The van der Waals surface area contributed by atoms with Gasteiger partial charge in [-0.3, -0.25) is 4.79 Å². The number of nitrogens with one attached hydrogen (secondary N) is 1. The van der Waals surface area contributed by atoms with Crippen LogP contribution in [0.25, 0.3) is 0 Å². The van der Waals surface area contributed by atoms with Gasteiger partial charge in [-0.25, -0.2) is 0 Å². The lowest BCUT2D eigenvalue weighted by Crippen LogP contribution is -2.15. The van der Waals surface area contributed by atoms with Crippen LogP contribution in [0.4, 0.5) is 24.7 Å². The first kappa shape index (κ1) is 12.9. The summed E-state index contributed by atoms with van der Waals surface area (Å²) in [6.45, 7) is 0. The van der Waals surface area contributed by atoms with Crippen molar-refractivity contribution in [3.63, 3.8) is 0 Å². The molecule has 0 fully saturated rings. The van der Waals surface area contributed by atoms with Crippen molar-refractivity contribution in [1.29, 1.82) is 0 Å². The Kier molecular flexibility index (Phi) is 3.16. The molecule has 0 saturated heterocycles. The van der Waals surface area contributed by atoms with E-state index in [1.165, 1.54) is 18.4 Å². The predicted octanol–water partition coefficient (Wildman–Crippen LogP) is 2.53. The van der Waals surface area contributed by atoms with Gasteiger partial charge in [0, 0.05) is 17.3 Å². The summed E-state index contributed by atoms with van der Waals surface area (Å²) in [5, 5.41) is 5.70. The van der Waals surface area contributed by atoms with E-state index in [4.69, 9.17) is 5.73 Å². The fourth-order valence-electron chi connectivity index (χ4n) is 1.41. The van der Waals surface area contributed by atoms with Crippen molar-refractivity contribution in [3.8, 4) is 0 Å². The number of benzene rings is 1. The van der Waals surface area contributed by atoms with Crippen LogP contribution in [0.1, 0.15) is 15.9 Å². The molecular weight excluding hydrogens is 263 g/mol. The number of alkyl halides is 3. The number of anilines is 2. The molecule has 0 aliphatic rings. The monoisotopic (exact) mass is 271 g/mol. The summed E-state index contributed by atoms with van der Waals surface area (Å²) >= 11 is 0. The number of rotatable bonds is 2. The Morgan fingerprint density at radius 1 is 1.32 bits per heavy atom. The standard InChI is InChI=1S/C11H8F3N3O2/c12-11(13,14)7-5-6(1-2-8(7)15)10(18)16-9-3-4-19-17-9/h1-5H,15H2,(H,16,17,18). The number of hydrogen-bond acceptors (Lipinski definition) is 4. The summed E-state index contributed by atoms with van der Waals surface area (Å²) in [7, 11) is 0. The Labute approximate surface area is 105 Å². The Morgan fingerprint density at radius 2 is 2.05 bits per heavy atom. The number of nitrogen functional groups attached to an aromatic ring is 1. The van der Waals surface area contributed by atoms with E-state index in [0.29, 0.717) is 6.07 Å². The van der Waals surface area contributed by atoms with Crippen molar-refractivity contribution >= 4 is 17.4 Å². The Bertz CT molecular complexity index is 594. The van der Waals surface area contributed by atoms with Gasteiger partial charge in [0.25, 0.3) is 5.91 Å². The molecule has 0 unspecified atom stereocenters. The van der Waals surface area contributed by atoms with Crippen LogP contribution >= 0.6 is 0 Å². The average molecular weight is 271 g/mol. The molecule has 0 atom stereocenters. The third-order valence-corrected chi connectivity index (χ3v) is 2.30. The molecule has 3 N–H and O–H groups in total. The number of carbonyl (C=O) groups excluding carboxylic acids is 1. The van der Waals surface area contributed by atoms with Gasteiger partial charge in [-0.15, -0.1) is 0 Å². The molecular formula is C11H8F3N3O2. The number of aromatic nitrogens is 1. The molecule has 1 heterocycles.